The minimum absolute atomic E-state index is 0.0333. The number of nitriles is 1. The first kappa shape index (κ1) is 18.0. The lowest BCUT2D eigenvalue weighted by Gasteiger charge is -2.02. The van der Waals surface area contributed by atoms with Crippen LogP contribution in [0.4, 0.5) is 10.7 Å². The van der Waals surface area contributed by atoms with Crippen molar-refractivity contribution < 1.29 is 9.72 Å². The third-order valence-corrected chi connectivity index (χ3v) is 5.36. The number of aromatic nitrogens is 2. The van der Waals surface area contributed by atoms with Gasteiger partial charge in [0.25, 0.3) is 0 Å². The van der Waals surface area contributed by atoms with Crippen molar-refractivity contribution in [2.75, 3.05) is 11.1 Å². The molecule has 0 fully saturated rings. The number of rotatable bonds is 6. The molecule has 126 valence electrons. The average molecular weight is 365 g/mol. The van der Waals surface area contributed by atoms with Crippen LogP contribution in [-0.2, 0) is 11.2 Å². The maximum Gasteiger partial charge on any atom is 0.323 e. The van der Waals surface area contributed by atoms with E-state index in [0.717, 1.165) is 22.2 Å². The highest BCUT2D eigenvalue weighted by Gasteiger charge is 2.23. The molecule has 2 rings (SSSR count). The van der Waals surface area contributed by atoms with Gasteiger partial charge in [-0.05, 0) is 25.8 Å². The van der Waals surface area contributed by atoms with E-state index in [1.54, 1.807) is 6.92 Å². The lowest BCUT2D eigenvalue weighted by molar-refractivity contribution is -0.388. The van der Waals surface area contributed by atoms with Crippen LogP contribution in [0.15, 0.2) is 5.03 Å². The van der Waals surface area contributed by atoms with E-state index in [-0.39, 0.29) is 22.4 Å². The zero-order chi connectivity index (χ0) is 17.9. The Hall–Kier alpha value is -2.38. The number of nitrogens with zero attached hydrogens (tertiary/aromatic N) is 3. The summed E-state index contributed by atoms with van der Waals surface area (Å²) >= 11 is 2.34. The van der Waals surface area contributed by atoms with E-state index in [0.29, 0.717) is 22.7 Å². The van der Waals surface area contributed by atoms with Gasteiger partial charge in [0, 0.05) is 4.88 Å². The molecule has 2 N–H and O–H groups in total. The first-order chi connectivity index (χ1) is 11.4. The number of anilines is 1. The summed E-state index contributed by atoms with van der Waals surface area (Å²) in [6.45, 7) is 5.41. The molecule has 0 aliphatic carbocycles. The molecule has 0 saturated heterocycles. The maximum atomic E-state index is 12.1. The summed E-state index contributed by atoms with van der Waals surface area (Å²) in [4.78, 5) is 23.6. The average Bonchev–Trinajstić information content (AvgIpc) is 3.04. The summed E-state index contributed by atoms with van der Waals surface area (Å²) in [6.07, 6.45) is 0.717. The largest absolute Gasteiger partial charge is 0.323 e. The summed E-state index contributed by atoms with van der Waals surface area (Å²) in [7, 11) is 0. The van der Waals surface area contributed by atoms with Crippen LogP contribution in [0, 0.1) is 35.3 Å². The van der Waals surface area contributed by atoms with Crippen LogP contribution in [0.2, 0.25) is 0 Å². The van der Waals surface area contributed by atoms with Crippen LogP contribution in [0.3, 0.4) is 0 Å². The van der Waals surface area contributed by atoms with Crippen LogP contribution in [0.25, 0.3) is 0 Å². The highest BCUT2D eigenvalue weighted by Crippen LogP contribution is 2.33. The van der Waals surface area contributed by atoms with Crippen LogP contribution < -0.4 is 5.32 Å². The lowest BCUT2D eigenvalue weighted by atomic mass is 10.1. The highest BCUT2D eigenvalue weighted by molar-refractivity contribution is 8.00. The Balaban J connectivity index is 2.08. The van der Waals surface area contributed by atoms with E-state index in [2.05, 4.69) is 21.6 Å². The number of hydrogen-bond acceptors (Lipinski definition) is 7. The van der Waals surface area contributed by atoms with E-state index in [1.165, 1.54) is 11.3 Å². The third kappa shape index (κ3) is 3.58. The molecule has 24 heavy (non-hydrogen) atoms. The Kier molecular flexibility index (Phi) is 5.58. The van der Waals surface area contributed by atoms with Crippen molar-refractivity contribution in [3.05, 3.63) is 31.8 Å². The second-order valence-corrected chi connectivity index (χ2v) is 7.09. The topological polar surface area (TPSA) is 125 Å². The van der Waals surface area contributed by atoms with Gasteiger partial charge in [-0.25, -0.2) is 0 Å². The van der Waals surface area contributed by atoms with Crippen LogP contribution in [0.5, 0.6) is 0 Å². The molecule has 10 heteroatoms. The van der Waals surface area contributed by atoms with Crippen molar-refractivity contribution >= 4 is 39.7 Å². The smallest absolute Gasteiger partial charge is 0.316 e. The first-order valence-electron chi connectivity index (χ1n) is 7.03. The summed E-state index contributed by atoms with van der Waals surface area (Å²) < 4.78 is 0. The van der Waals surface area contributed by atoms with E-state index in [9.17, 15) is 20.2 Å². The fraction of sp³-hybridized carbons (Fsp3) is 0.357. The third-order valence-electron chi connectivity index (χ3n) is 3.33. The van der Waals surface area contributed by atoms with Gasteiger partial charge >= 0.3 is 5.69 Å². The molecule has 0 radical (unpaired) electrons. The zero-order valence-corrected chi connectivity index (χ0v) is 14.9. The summed E-state index contributed by atoms with van der Waals surface area (Å²) in [5.41, 5.74) is 1.64. The molecule has 2 heterocycles. The molecular formula is C14H15N5O3S2. The standard InChI is InChI=1S/C14H15N5O3S2/c1-4-9-8(3)24-13(10(9)5-15)16-11(20)6-23-14-12(19(21)22)7(2)17-18-14/h4,6H2,1-3H3,(H,16,20)(H,17,18). The fourth-order valence-corrected chi connectivity index (χ4v) is 4.15. The predicted molar refractivity (Wildman–Crippen MR) is 92.5 cm³/mol. The normalized spacial score (nSPS) is 10.4. The molecular weight excluding hydrogens is 350 g/mol. The lowest BCUT2D eigenvalue weighted by Crippen LogP contribution is -2.14. The minimum Gasteiger partial charge on any atom is -0.316 e. The number of amides is 1. The monoisotopic (exact) mass is 365 g/mol. The highest BCUT2D eigenvalue weighted by atomic mass is 32.2. The number of thioether (sulfide) groups is 1. The Morgan fingerprint density at radius 2 is 2.25 bits per heavy atom. The van der Waals surface area contributed by atoms with E-state index in [1.807, 2.05) is 13.8 Å². The Morgan fingerprint density at radius 3 is 2.83 bits per heavy atom. The Bertz CT molecular complexity index is 834. The van der Waals surface area contributed by atoms with Crippen molar-refractivity contribution in [2.45, 2.75) is 32.2 Å². The quantitative estimate of drug-likeness (QED) is 0.460. The van der Waals surface area contributed by atoms with Crippen molar-refractivity contribution in [3.63, 3.8) is 0 Å². The maximum absolute atomic E-state index is 12.1. The van der Waals surface area contributed by atoms with Gasteiger partial charge in [-0.15, -0.1) is 11.3 Å². The van der Waals surface area contributed by atoms with Gasteiger partial charge in [-0.3, -0.25) is 20.0 Å². The molecule has 0 unspecified atom stereocenters. The van der Waals surface area contributed by atoms with E-state index < -0.39 is 4.92 Å². The molecule has 0 atom stereocenters. The molecule has 0 aliphatic rings. The molecule has 2 aromatic heterocycles. The van der Waals surface area contributed by atoms with Crippen molar-refractivity contribution in [2.24, 2.45) is 0 Å². The fourth-order valence-electron chi connectivity index (χ4n) is 2.22. The number of thiophene rings is 1. The van der Waals surface area contributed by atoms with E-state index in [4.69, 9.17) is 0 Å². The summed E-state index contributed by atoms with van der Waals surface area (Å²) in [5.74, 6) is -0.371. The van der Waals surface area contributed by atoms with Crippen LogP contribution in [0.1, 0.15) is 28.6 Å². The van der Waals surface area contributed by atoms with Gasteiger partial charge in [0.15, 0.2) is 5.03 Å². The van der Waals surface area contributed by atoms with Gasteiger partial charge in [-0.1, -0.05) is 18.7 Å². The number of H-pyrrole nitrogens is 1. The Morgan fingerprint density at radius 1 is 1.54 bits per heavy atom. The second kappa shape index (κ2) is 7.46. The molecule has 0 aliphatic heterocycles. The van der Waals surface area contributed by atoms with Crippen molar-refractivity contribution in [1.82, 2.24) is 10.2 Å². The number of hydrogen-bond donors (Lipinski definition) is 2. The minimum atomic E-state index is -0.525. The number of aryl methyl sites for hydroxylation is 2. The SMILES string of the molecule is CCc1c(C)sc(NC(=O)CSc2n[nH]c(C)c2[N+](=O)[O-])c1C#N. The zero-order valence-electron chi connectivity index (χ0n) is 13.3. The van der Waals surface area contributed by atoms with Gasteiger partial charge in [0.05, 0.1) is 16.2 Å². The number of aromatic amines is 1. The molecule has 0 spiro atoms. The molecule has 8 nitrogen and oxygen atoms in total. The van der Waals surface area contributed by atoms with Crippen molar-refractivity contribution in [1.29, 1.82) is 5.26 Å². The molecule has 0 aromatic carbocycles. The van der Waals surface area contributed by atoms with Gasteiger partial charge in [0.2, 0.25) is 5.91 Å². The Labute approximate surface area is 146 Å². The van der Waals surface area contributed by atoms with Gasteiger partial charge in [0.1, 0.15) is 16.8 Å². The number of nitrogens with one attached hydrogen (secondary N) is 2. The molecule has 0 saturated carbocycles. The number of nitro groups is 1. The van der Waals surface area contributed by atoms with Gasteiger partial charge in [-0.2, -0.15) is 10.4 Å². The van der Waals surface area contributed by atoms with E-state index >= 15 is 0 Å². The molecule has 2 aromatic rings. The van der Waals surface area contributed by atoms with Crippen molar-refractivity contribution in [3.8, 4) is 6.07 Å². The predicted octanol–water partition coefficient (Wildman–Crippen LogP) is 3.16. The molecule has 1 amide bonds. The summed E-state index contributed by atoms with van der Waals surface area (Å²) in [6, 6.07) is 2.12. The van der Waals surface area contributed by atoms with Crippen LogP contribution >= 0.6 is 23.1 Å². The van der Waals surface area contributed by atoms with Gasteiger partial charge < -0.3 is 5.32 Å². The second-order valence-electron chi connectivity index (χ2n) is 4.90. The number of carbonyl (C=O) groups is 1. The number of carbonyl (C=O) groups excluding carboxylic acids is 1. The first-order valence-corrected chi connectivity index (χ1v) is 8.83. The summed E-state index contributed by atoms with van der Waals surface area (Å²) in [5, 5.41) is 30.1. The van der Waals surface area contributed by atoms with Crippen LogP contribution in [-0.4, -0.2) is 26.8 Å². The molecule has 0 bridgehead atoms.